The van der Waals surface area contributed by atoms with Gasteiger partial charge in [-0.05, 0) is 0 Å². The van der Waals surface area contributed by atoms with Crippen LogP contribution in [0.25, 0.3) is 11.4 Å². The van der Waals surface area contributed by atoms with Gasteiger partial charge in [-0.2, -0.15) is 0 Å². The van der Waals surface area contributed by atoms with E-state index in [2.05, 4.69) is 15.1 Å². The molecule has 7 nitrogen and oxygen atoms in total. The van der Waals surface area contributed by atoms with Crippen LogP contribution in [-0.4, -0.2) is 44.6 Å². The van der Waals surface area contributed by atoms with Crippen molar-refractivity contribution in [3.63, 3.8) is 0 Å². The third-order valence-electron chi connectivity index (χ3n) is 3.29. The average molecular weight is 295 g/mol. The van der Waals surface area contributed by atoms with Gasteiger partial charge in [0.15, 0.2) is 5.76 Å². The van der Waals surface area contributed by atoms with Crippen LogP contribution < -0.4 is 0 Å². The maximum Gasteiger partial charge on any atom is 0.262 e. The number of carbonyl (C=O) groups is 1. The van der Waals surface area contributed by atoms with E-state index in [1.54, 1.807) is 7.05 Å². The van der Waals surface area contributed by atoms with Gasteiger partial charge < -0.3 is 14.5 Å². The molecule has 0 spiro atoms. The highest BCUT2D eigenvalue weighted by atomic mass is 35.5. The van der Waals surface area contributed by atoms with Crippen LogP contribution in [-0.2, 0) is 10.4 Å². The van der Waals surface area contributed by atoms with Crippen molar-refractivity contribution in [2.45, 2.75) is 12.0 Å². The number of hydrogen-bond acceptors (Lipinski definition) is 6. The molecule has 1 amide bonds. The topological polar surface area (TPSA) is 92.3 Å². The summed E-state index contributed by atoms with van der Waals surface area (Å²) < 4.78 is 5.11. The van der Waals surface area contributed by atoms with Crippen molar-refractivity contribution in [2.75, 3.05) is 13.6 Å². The molecule has 104 valence electrons. The molecule has 0 bridgehead atoms. The van der Waals surface area contributed by atoms with E-state index in [0.29, 0.717) is 17.9 Å². The first kappa shape index (κ1) is 13.0. The first-order chi connectivity index (χ1) is 9.50. The highest BCUT2D eigenvalue weighted by Crippen LogP contribution is 2.34. The van der Waals surface area contributed by atoms with Crippen molar-refractivity contribution < 1.29 is 14.4 Å². The molecule has 0 radical (unpaired) electrons. The van der Waals surface area contributed by atoms with E-state index in [-0.39, 0.29) is 17.3 Å². The van der Waals surface area contributed by atoms with Crippen molar-refractivity contribution in [3.8, 4) is 11.4 Å². The minimum atomic E-state index is -1.66. The van der Waals surface area contributed by atoms with Crippen LogP contribution in [0.4, 0.5) is 0 Å². The summed E-state index contributed by atoms with van der Waals surface area (Å²) >= 11 is 5.76. The van der Waals surface area contributed by atoms with Gasteiger partial charge in [0.1, 0.15) is 16.5 Å². The second kappa shape index (κ2) is 4.53. The molecule has 1 N–H and O–H groups in total. The van der Waals surface area contributed by atoms with E-state index < -0.39 is 11.5 Å². The van der Waals surface area contributed by atoms with Crippen LogP contribution in [0.3, 0.4) is 0 Å². The van der Waals surface area contributed by atoms with Gasteiger partial charge in [-0.15, -0.1) is 0 Å². The Morgan fingerprint density at radius 1 is 1.45 bits per heavy atom. The standard InChI is InChI=1S/C12H11ClN4O3/c1-17-3-2-12(19,11(17)18)9-4-7(16-20-9)8-5-14-6-10(13)15-8/h4-6,19H,2-3H2,1H3. The smallest absolute Gasteiger partial charge is 0.262 e. The van der Waals surface area contributed by atoms with Gasteiger partial charge in [-0.25, -0.2) is 4.98 Å². The van der Waals surface area contributed by atoms with E-state index in [1.165, 1.54) is 23.4 Å². The Labute approximate surface area is 119 Å². The van der Waals surface area contributed by atoms with E-state index in [4.69, 9.17) is 16.1 Å². The molecule has 8 heteroatoms. The number of halogens is 1. The Hall–Kier alpha value is -1.99. The minimum Gasteiger partial charge on any atom is -0.373 e. The summed E-state index contributed by atoms with van der Waals surface area (Å²) in [6.07, 6.45) is 3.13. The van der Waals surface area contributed by atoms with Crippen LogP contribution in [0.5, 0.6) is 0 Å². The van der Waals surface area contributed by atoms with Crippen LogP contribution in [0, 0.1) is 0 Å². The van der Waals surface area contributed by atoms with Crippen LogP contribution in [0.15, 0.2) is 23.0 Å². The number of rotatable bonds is 2. The van der Waals surface area contributed by atoms with Crippen molar-refractivity contribution in [1.82, 2.24) is 20.0 Å². The molecule has 0 saturated carbocycles. The summed E-state index contributed by atoms with van der Waals surface area (Å²) in [5, 5.41) is 14.5. The summed E-state index contributed by atoms with van der Waals surface area (Å²) in [6, 6.07) is 1.48. The Bertz CT molecular complexity index is 674. The lowest BCUT2D eigenvalue weighted by molar-refractivity contribution is -0.144. The molecule has 1 fully saturated rings. The molecule has 1 aliphatic heterocycles. The Kier molecular flexibility index (Phi) is 2.95. The molecule has 1 saturated heterocycles. The van der Waals surface area contributed by atoms with Gasteiger partial charge >= 0.3 is 0 Å². The predicted octanol–water partition coefficient (Wildman–Crippen LogP) is 0.835. The van der Waals surface area contributed by atoms with Crippen molar-refractivity contribution in [1.29, 1.82) is 0 Å². The first-order valence-electron chi connectivity index (χ1n) is 5.94. The number of likely N-dealkylation sites (N-methyl/N-ethyl adjacent to an activating group) is 1. The predicted molar refractivity (Wildman–Crippen MR) is 68.7 cm³/mol. The molecule has 0 aromatic carbocycles. The molecule has 3 rings (SSSR count). The zero-order valence-electron chi connectivity index (χ0n) is 10.6. The van der Waals surface area contributed by atoms with Crippen molar-refractivity contribution in [2.24, 2.45) is 0 Å². The lowest BCUT2D eigenvalue weighted by Crippen LogP contribution is -2.35. The van der Waals surface area contributed by atoms with E-state index in [9.17, 15) is 9.90 Å². The third kappa shape index (κ3) is 1.95. The molecule has 0 aliphatic carbocycles. The molecular weight excluding hydrogens is 284 g/mol. The summed E-state index contributed by atoms with van der Waals surface area (Å²) in [7, 11) is 1.63. The Morgan fingerprint density at radius 2 is 2.25 bits per heavy atom. The number of aliphatic hydroxyl groups is 1. The third-order valence-corrected chi connectivity index (χ3v) is 3.48. The van der Waals surface area contributed by atoms with Gasteiger partial charge in [-0.3, -0.25) is 9.78 Å². The summed E-state index contributed by atoms with van der Waals surface area (Å²) in [5.74, 6) is -0.305. The molecule has 1 atom stereocenters. The van der Waals surface area contributed by atoms with Crippen LogP contribution in [0.2, 0.25) is 5.15 Å². The second-order valence-electron chi connectivity index (χ2n) is 4.64. The fraction of sp³-hybridized carbons (Fsp3) is 0.333. The monoisotopic (exact) mass is 294 g/mol. The summed E-state index contributed by atoms with van der Waals surface area (Å²) in [4.78, 5) is 21.4. The van der Waals surface area contributed by atoms with Gasteiger partial charge in [-0.1, -0.05) is 16.8 Å². The number of carbonyl (C=O) groups excluding carboxylic acids is 1. The summed E-state index contributed by atoms with van der Waals surface area (Å²) in [5.41, 5.74) is -0.882. The van der Waals surface area contributed by atoms with Gasteiger partial charge in [0, 0.05) is 26.1 Å². The van der Waals surface area contributed by atoms with Crippen LogP contribution in [0.1, 0.15) is 12.2 Å². The average Bonchev–Trinajstić information content (AvgIpc) is 3.02. The maximum absolute atomic E-state index is 12.0. The Morgan fingerprint density at radius 3 is 2.90 bits per heavy atom. The molecule has 1 unspecified atom stereocenters. The van der Waals surface area contributed by atoms with E-state index >= 15 is 0 Å². The number of hydrogen-bond donors (Lipinski definition) is 1. The fourth-order valence-electron chi connectivity index (χ4n) is 2.14. The van der Waals surface area contributed by atoms with Crippen molar-refractivity contribution >= 4 is 17.5 Å². The normalized spacial score (nSPS) is 22.6. The number of amides is 1. The van der Waals surface area contributed by atoms with Crippen molar-refractivity contribution in [3.05, 3.63) is 29.4 Å². The van der Waals surface area contributed by atoms with E-state index in [0.717, 1.165) is 0 Å². The number of nitrogens with zero attached hydrogens (tertiary/aromatic N) is 4. The largest absolute Gasteiger partial charge is 0.373 e. The number of aromatic nitrogens is 3. The summed E-state index contributed by atoms with van der Waals surface area (Å²) in [6.45, 7) is 0.461. The lowest BCUT2D eigenvalue weighted by Gasteiger charge is -2.16. The molecule has 2 aromatic rings. The molecule has 3 heterocycles. The maximum atomic E-state index is 12.0. The lowest BCUT2D eigenvalue weighted by atomic mass is 9.99. The molecule has 2 aromatic heterocycles. The Balaban J connectivity index is 1.97. The quantitative estimate of drug-likeness (QED) is 0.882. The highest BCUT2D eigenvalue weighted by molar-refractivity contribution is 6.29. The van der Waals surface area contributed by atoms with Gasteiger partial charge in [0.2, 0.25) is 5.60 Å². The fourth-order valence-corrected chi connectivity index (χ4v) is 2.29. The zero-order valence-corrected chi connectivity index (χ0v) is 11.3. The minimum absolute atomic E-state index is 0.101. The molecule has 20 heavy (non-hydrogen) atoms. The first-order valence-corrected chi connectivity index (χ1v) is 6.31. The number of likely N-dealkylation sites (tertiary alicyclic amines) is 1. The SMILES string of the molecule is CN1CCC(O)(c2cc(-c3cncc(Cl)n3)no2)C1=O. The molecule has 1 aliphatic rings. The zero-order chi connectivity index (χ0) is 14.3. The second-order valence-corrected chi connectivity index (χ2v) is 5.03. The van der Waals surface area contributed by atoms with Gasteiger partial charge in [0.25, 0.3) is 5.91 Å². The molecular formula is C12H11ClN4O3. The van der Waals surface area contributed by atoms with E-state index in [1.807, 2.05) is 0 Å². The van der Waals surface area contributed by atoms with Crippen LogP contribution >= 0.6 is 11.6 Å². The highest BCUT2D eigenvalue weighted by Gasteiger charge is 2.48. The van der Waals surface area contributed by atoms with Gasteiger partial charge in [0.05, 0.1) is 12.4 Å².